The van der Waals surface area contributed by atoms with Crippen LogP contribution in [-0.4, -0.2) is 21.8 Å². The number of aromatic nitrogens is 2. The van der Waals surface area contributed by atoms with Crippen LogP contribution in [0.15, 0.2) is 67.0 Å². The van der Waals surface area contributed by atoms with E-state index in [1.165, 1.54) is 30.6 Å². The molecule has 0 fully saturated rings. The molecule has 1 amide bonds. The van der Waals surface area contributed by atoms with Crippen molar-refractivity contribution < 1.29 is 18.8 Å². The largest absolute Gasteiger partial charge is 0.361 e. The van der Waals surface area contributed by atoms with Gasteiger partial charge in [-0.1, -0.05) is 48.1 Å². The molecule has 0 aliphatic carbocycles. The molecule has 3 rings (SSSR count). The standard InChI is InChI=1S/C18H13FN4O3/c19-15-9-5-4-8-14(15)17(24)22-23-26-18(25)13-10-20-16(21-11-13)12-6-2-1-3-7-12/h1-11,23H,(H,22,24). The number of hydrazine groups is 1. The Morgan fingerprint density at radius 1 is 0.923 bits per heavy atom. The Balaban J connectivity index is 1.55. The van der Waals surface area contributed by atoms with Gasteiger partial charge in [-0.15, -0.1) is 0 Å². The lowest BCUT2D eigenvalue weighted by atomic mass is 10.2. The molecule has 0 saturated carbocycles. The molecule has 1 aromatic heterocycles. The summed E-state index contributed by atoms with van der Waals surface area (Å²) in [5.41, 5.74) is 4.75. The molecule has 0 aliphatic rings. The maximum atomic E-state index is 13.5. The van der Waals surface area contributed by atoms with Crippen molar-refractivity contribution in [3.8, 4) is 11.4 Å². The van der Waals surface area contributed by atoms with Crippen LogP contribution >= 0.6 is 0 Å². The van der Waals surface area contributed by atoms with Crippen LogP contribution in [0.4, 0.5) is 4.39 Å². The van der Waals surface area contributed by atoms with E-state index >= 15 is 0 Å². The van der Waals surface area contributed by atoms with Gasteiger partial charge in [0, 0.05) is 18.0 Å². The summed E-state index contributed by atoms with van der Waals surface area (Å²) in [6, 6.07) is 14.7. The minimum absolute atomic E-state index is 0.0809. The van der Waals surface area contributed by atoms with Gasteiger partial charge in [-0.05, 0) is 12.1 Å². The second kappa shape index (κ2) is 7.95. The predicted octanol–water partition coefficient (Wildman–Crippen LogP) is 2.29. The Kier molecular flexibility index (Phi) is 5.25. The van der Waals surface area contributed by atoms with Crippen LogP contribution in [0, 0.1) is 5.82 Å². The minimum Gasteiger partial charge on any atom is -0.346 e. The van der Waals surface area contributed by atoms with Crippen LogP contribution in [0.2, 0.25) is 0 Å². The molecule has 7 nitrogen and oxygen atoms in total. The van der Waals surface area contributed by atoms with E-state index in [1.807, 2.05) is 35.9 Å². The first-order valence-electron chi connectivity index (χ1n) is 7.53. The first-order chi connectivity index (χ1) is 12.6. The van der Waals surface area contributed by atoms with Gasteiger partial charge in [0.1, 0.15) is 5.82 Å². The van der Waals surface area contributed by atoms with E-state index in [0.29, 0.717) is 5.82 Å². The van der Waals surface area contributed by atoms with Gasteiger partial charge >= 0.3 is 5.97 Å². The summed E-state index contributed by atoms with van der Waals surface area (Å²) in [7, 11) is 0. The van der Waals surface area contributed by atoms with Crippen LogP contribution in [0.3, 0.4) is 0 Å². The molecule has 2 aromatic carbocycles. The third-order valence-corrected chi connectivity index (χ3v) is 3.35. The van der Waals surface area contributed by atoms with Crippen molar-refractivity contribution in [2.75, 3.05) is 0 Å². The zero-order valence-corrected chi connectivity index (χ0v) is 13.3. The second-order valence-corrected chi connectivity index (χ2v) is 5.09. The van der Waals surface area contributed by atoms with Crippen molar-refractivity contribution in [1.82, 2.24) is 21.0 Å². The summed E-state index contributed by atoms with van der Waals surface area (Å²) in [5, 5.41) is 0. The summed E-state index contributed by atoms with van der Waals surface area (Å²) < 4.78 is 13.5. The fourth-order valence-corrected chi connectivity index (χ4v) is 2.06. The van der Waals surface area contributed by atoms with Crippen LogP contribution in [0.1, 0.15) is 20.7 Å². The topological polar surface area (TPSA) is 93.2 Å². The minimum atomic E-state index is -0.807. The highest BCUT2D eigenvalue weighted by atomic mass is 19.1. The van der Waals surface area contributed by atoms with Gasteiger partial charge in [0.05, 0.1) is 11.1 Å². The fourth-order valence-electron chi connectivity index (χ4n) is 2.06. The van der Waals surface area contributed by atoms with Gasteiger partial charge in [-0.25, -0.2) is 19.2 Å². The second-order valence-electron chi connectivity index (χ2n) is 5.09. The Bertz CT molecular complexity index is 917. The van der Waals surface area contributed by atoms with Crippen molar-refractivity contribution in [3.63, 3.8) is 0 Å². The molecule has 0 atom stereocenters. The van der Waals surface area contributed by atoms with Crippen molar-refractivity contribution in [3.05, 3.63) is 83.9 Å². The molecule has 0 saturated heterocycles. The Labute approximate surface area is 147 Å². The molecule has 8 heteroatoms. The van der Waals surface area contributed by atoms with E-state index in [9.17, 15) is 14.0 Å². The molecule has 3 aromatic rings. The SMILES string of the molecule is O=C(ONNC(=O)c1ccccc1F)c1cnc(-c2ccccc2)nc1. The van der Waals surface area contributed by atoms with Crippen molar-refractivity contribution >= 4 is 11.9 Å². The quantitative estimate of drug-likeness (QED) is 0.685. The summed E-state index contributed by atoms with van der Waals surface area (Å²) >= 11 is 0. The van der Waals surface area contributed by atoms with E-state index in [2.05, 4.69) is 20.2 Å². The van der Waals surface area contributed by atoms with Gasteiger partial charge in [-0.3, -0.25) is 10.2 Å². The predicted molar refractivity (Wildman–Crippen MR) is 89.9 cm³/mol. The average Bonchev–Trinajstić information content (AvgIpc) is 2.69. The molecule has 0 unspecified atom stereocenters. The molecule has 1 heterocycles. The number of carbonyl (C=O) groups is 2. The zero-order chi connectivity index (χ0) is 18.4. The number of hydrogen-bond donors (Lipinski definition) is 2. The lowest BCUT2D eigenvalue weighted by Crippen LogP contribution is -2.39. The lowest BCUT2D eigenvalue weighted by Gasteiger charge is -2.08. The van der Waals surface area contributed by atoms with E-state index in [4.69, 9.17) is 0 Å². The van der Waals surface area contributed by atoms with Crippen molar-refractivity contribution in [1.29, 1.82) is 0 Å². The van der Waals surface area contributed by atoms with Crippen LogP contribution in [0.25, 0.3) is 11.4 Å². The number of hydrogen-bond acceptors (Lipinski definition) is 6. The molecule has 0 spiro atoms. The zero-order valence-electron chi connectivity index (χ0n) is 13.3. The molecule has 130 valence electrons. The molecule has 0 radical (unpaired) electrons. The smallest absolute Gasteiger partial charge is 0.346 e. The maximum absolute atomic E-state index is 13.5. The molecule has 0 aliphatic heterocycles. The summed E-state index contributed by atoms with van der Waals surface area (Å²) in [6.07, 6.45) is 2.61. The highest BCUT2D eigenvalue weighted by Gasteiger charge is 2.13. The summed E-state index contributed by atoms with van der Waals surface area (Å²) in [5.74, 6) is -1.82. The number of benzene rings is 2. The number of halogens is 1. The van der Waals surface area contributed by atoms with E-state index in [1.54, 1.807) is 0 Å². The van der Waals surface area contributed by atoms with Gasteiger partial charge in [0.25, 0.3) is 5.91 Å². The molecular formula is C18H13FN4O3. The Morgan fingerprint density at radius 2 is 1.58 bits per heavy atom. The fraction of sp³-hybridized carbons (Fsp3) is 0. The highest BCUT2D eigenvalue weighted by Crippen LogP contribution is 2.13. The summed E-state index contributed by atoms with van der Waals surface area (Å²) in [4.78, 5) is 36.5. The number of nitrogens with zero attached hydrogens (tertiary/aromatic N) is 2. The number of nitrogens with one attached hydrogen (secondary N) is 2. The monoisotopic (exact) mass is 352 g/mol. The van der Waals surface area contributed by atoms with Crippen molar-refractivity contribution in [2.24, 2.45) is 0 Å². The molecule has 0 bridgehead atoms. The molecular weight excluding hydrogens is 339 g/mol. The van der Waals surface area contributed by atoms with E-state index < -0.39 is 17.7 Å². The third-order valence-electron chi connectivity index (χ3n) is 3.35. The first-order valence-corrected chi connectivity index (χ1v) is 7.53. The molecule has 26 heavy (non-hydrogen) atoms. The normalized spacial score (nSPS) is 10.2. The van der Waals surface area contributed by atoms with Crippen LogP contribution in [0.5, 0.6) is 0 Å². The average molecular weight is 352 g/mol. The van der Waals surface area contributed by atoms with Gasteiger partial charge in [0.2, 0.25) is 0 Å². The van der Waals surface area contributed by atoms with Crippen LogP contribution in [-0.2, 0) is 4.84 Å². The number of carbonyl (C=O) groups excluding carboxylic acids is 2. The van der Waals surface area contributed by atoms with Gasteiger partial charge < -0.3 is 4.84 Å². The third kappa shape index (κ3) is 4.05. The van der Waals surface area contributed by atoms with Gasteiger partial charge in [0.15, 0.2) is 5.82 Å². The maximum Gasteiger partial charge on any atom is 0.361 e. The molecule has 2 N–H and O–H groups in total. The Morgan fingerprint density at radius 3 is 2.27 bits per heavy atom. The lowest BCUT2D eigenvalue weighted by molar-refractivity contribution is 0.0136. The number of amides is 1. The first kappa shape index (κ1) is 17.2. The van der Waals surface area contributed by atoms with Crippen molar-refractivity contribution in [2.45, 2.75) is 0 Å². The van der Waals surface area contributed by atoms with E-state index in [-0.39, 0.29) is 11.1 Å². The van der Waals surface area contributed by atoms with E-state index in [0.717, 1.165) is 11.6 Å². The number of rotatable bonds is 5. The van der Waals surface area contributed by atoms with Gasteiger partial charge in [-0.2, -0.15) is 0 Å². The Hall–Kier alpha value is -3.65. The summed E-state index contributed by atoms with van der Waals surface area (Å²) in [6.45, 7) is 0. The highest BCUT2D eigenvalue weighted by molar-refractivity contribution is 5.94. The van der Waals surface area contributed by atoms with Crippen LogP contribution < -0.4 is 11.0 Å².